The van der Waals surface area contributed by atoms with Crippen molar-refractivity contribution in [1.82, 2.24) is 14.9 Å². The van der Waals surface area contributed by atoms with Crippen LogP contribution in [-0.2, 0) is 21.2 Å². The van der Waals surface area contributed by atoms with Crippen molar-refractivity contribution in [2.75, 3.05) is 26.2 Å². The number of benzene rings is 2. The van der Waals surface area contributed by atoms with Gasteiger partial charge < -0.3 is 10.2 Å². The van der Waals surface area contributed by atoms with Gasteiger partial charge in [0.1, 0.15) is 16.8 Å². The highest BCUT2D eigenvalue weighted by Crippen LogP contribution is 2.17. The average molecular weight is 476 g/mol. The van der Waals surface area contributed by atoms with Gasteiger partial charge in [0.15, 0.2) is 0 Å². The first-order chi connectivity index (χ1) is 15.8. The van der Waals surface area contributed by atoms with E-state index in [1.807, 2.05) is 30.3 Å². The van der Waals surface area contributed by atoms with Crippen LogP contribution in [0.1, 0.15) is 38.2 Å². The molecule has 0 unspecified atom stereocenters. The molecule has 1 amide bonds. The van der Waals surface area contributed by atoms with E-state index < -0.39 is 32.7 Å². The predicted octanol–water partition coefficient (Wildman–Crippen LogP) is 3.34. The van der Waals surface area contributed by atoms with Crippen LogP contribution in [-0.4, -0.2) is 51.4 Å². The third kappa shape index (κ3) is 7.91. The molecule has 33 heavy (non-hydrogen) atoms. The van der Waals surface area contributed by atoms with Gasteiger partial charge in [0, 0.05) is 6.54 Å². The first-order valence-corrected chi connectivity index (χ1v) is 13.1. The molecule has 1 atom stereocenters. The van der Waals surface area contributed by atoms with Crippen molar-refractivity contribution < 1.29 is 17.6 Å². The van der Waals surface area contributed by atoms with Gasteiger partial charge in [-0.2, -0.15) is 4.72 Å². The molecule has 0 spiro atoms. The summed E-state index contributed by atoms with van der Waals surface area (Å²) in [6.07, 6.45) is 4.43. The molecule has 2 aromatic carbocycles. The molecule has 3 rings (SSSR count). The van der Waals surface area contributed by atoms with Gasteiger partial charge >= 0.3 is 0 Å². The van der Waals surface area contributed by atoms with Crippen LogP contribution in [0.3, 0.4) is 0 Å². The standard InChI is InChI=1S/C25H34FN3O3S/c1-20-13-17-29(18-14-20)16-8-7-15-27-25(30)23(19-21-9-3-2-4-10-21)28-33(31,32)24-12-6-5-11-22(24)26/h2-6,9-12,20,23,28H,7-8,13-19H2,1H3,(H,27,30)/t23-/m0/s1. The second-order valence-corrected chi connectivity index (χ2v) is 10.5. The topological polar surface area (TPSA) is 78.5 Å². The molecule has 1 heterocycles. The molecule has 1 aliphatic heterocycles. The van der Waals surface area contributed by atoms with Crippen molar-refractivity contribution in [3.8, 4) is 0 Å². The molecule has 2 N–H and O–H groups in total. The highest BCUT2D eigenvalue weighted by atomic mass is 32.2. The third-order valence-electron chi connectivity index (χ3n) is 6.10. The van der Waals surface area contributed by atoms with Crippen molar-refractivity contribution in [2.45, 2.75) is 50.0 Å². The first-order valence-electron chi connectivity index (χ1n) is 11.7. The zero-order chi connectivity index (χ0) is 23.7. The van der Waals surface area contributed by atoms with Gasteiger partial charge in [-0.05, 0) is 75.4 Å². The number of piperidine rings is 1. The maximum absolute atomic E-state index is 14.1. The molecule has 0 aliphatic carbocycles. The quantitative estimate of drug-likeness (QED) is 0.489. The molecule has 0 saturated carbocycles. The Balaban J connectivity index is 1.57. The number of nitrogens with zero attached hydrogens (tertiary/aromatic N) is 1. The number of nitrogens with one attached hydrogen (secondary N) is 2. The van der Waals surface area contributed by atoms with E-state index in [2.05, 4.69) is 21.9 Å². The number of hydrogen-bond donors (Lipinski definition) is 2. The molecule has 1 saturated heterocycles. The van der Waals surface area contributed by atoms with Crippen molar-refractivity contribution in [3.63, 3.8) is 0 Å². The lowest BCUT2D eigenvalue weighted by Gasteiger charge is -2.30. The molecular formula is C25H34FN3O3S. The molecule has 2 aromatic rings. The number of rotatable bonds is 11. The summed E-state index contributed by atoms with van der Waals surface area (Å²) in [5.41, 5.74) is 0.813. The number of likely N-dealkylation sites (tertiary alicyclic amines) is 1. The Labute approximate surface area is 196 Å². The number of unbranched alkanes of at least 4 members (excludes halogenated alkanes) is 1. The van der Waals surface area contributed by atoms with Crippen LogP contribution in [0.15, 0.2) is 59.5 Å². The number of carbonyl (C=O) groups is 1. The van der Waals surface area contributed by atoms with Gasteiger partial charge in [-0.15, -0.1) is 0 Å². The molecule has 8 heteroatoms. The smallest absolute Gasteiger partial charge is 0.244 e. The fraction of sp³-hybridized carbons (Fsp3) is 0.480. The van der Waals surface area contributed by atoms with Crippen LogP contribution in [0.2, 0.25) is 0 Å². The van der Waals surface area contributed by atoms with E-state index in [1.54, 1.807) is 0 Å². The fourth-order valence-electron chi connectivity index (χ4n) is 4.03. The number of hydrogen-bond acceptors (Lipinski definition) is 4. The van der Waals surface area contributed by atoms with Crippen LogP contribution in [0.25, 0.3) is 0 Å². The molecule has 0 aromatic heterocycles. The predicted molar refractivity (Wildman–Crippen MR) is 128 cm³/mol. The summed E-state index contributed by atoms with van der Waals surface area (Å²) >= 11 is 0. The summed E-state index contributed by atoms with van der Waals surface area (Å²) in [5.74, 6) is -0.461. The molecule has 1 fully saturated rings. The van der Waals surface area contributed by atoms with Crippen molar-refractivity contribution in [3.05, 3.63) is 66.0 Å². The van der Waals surface area contributed by atoms with E-state index in [0.717, 1.165) is 50.0 Å². The van der Waals surface area contributed by atoms with Crippen molar-refractivity contribution in [1.29, 1.82) is 0 Å². The Kier molecular flexibility index (Phi) is 9.41. The van der Waals surface area contributed by atoms with Gasteiger partial charge in [0.25, 0.3) is 0 Å². The van der Waals surface area contributed by atoms with Gasteiger partial charge in [0.05, 0.1) is 0 Å². The monoisotopic (exact) mass is 475 g/mol. The minimum absolute atomic E-state index is 0.173. The van der Waals surface area contributed by atoms with Crippen LogP contribution >= 0.6 is 0 Å². The summed E-state index contributed by atoms with van der Waals surface area (Å²) in [4.78, 5) is 14.9. The molecule has 0 bridgehead atoms. The van der Waals surface area contributed by atoms with Gasteiger partial charge in [-0.25, -0.2) is 12.8 Å². The van der Waals surface area contributed by atoms with E-state index in [1.165, 1.54) is 31.0 Å². The summed E-state index contributed by atoms with van der Waals surface area (Å²) in [6.45, 7) is 6.03. The molecule has 180 valence electrons. The second kappa shape index (κ2) is 12.3. The summed E-state index contributed by atoms with van der Waals surface area (Å²) < 4.78 is 42.1. The Hall–Kier alpha value is -2.29. The Morgan fingerprint density at radius 3 is 2.42 bits per heavy atom. The van der Waals surface area contributed by atoms with Crippen LogP contribution in [0.5, 0.6) is 0 Å². The van der Waals surface area contributed by atoms with Gasteiger partial charge in [-0.1, -0.05) is 49.4 Å². The van der Waals surface area contributed by atoms with Crippen LogP contribution in [0.4, 0.5) is 4.39 Å². The number of carbonyl (C=O) groups excluding carboxylic acids is 1. The zero-order valence-electron chi connectivity index (χ0n) is 19.2. The van der Waals surface area contributed by atoms with E-state index >= 15 is 0 Å². The van der Waals surface area contributed by atoms with Crippen molar-refractivity contribution >= 4 is 15.9 Å². The normalized spacial score (nSPS) is 16.4. The lowest BCUT2D eigenvalue weighted by atomic mass is 9.99. The Morgan fingerprint density at radius 2 is 1.73 bits per heavy atom. The highest BCUT2D eigenvalue weighted by molar-refractivity contribution is 7.89. The first kappa shape index (κ1) is 25.3. The van der Waals surface area contributed by atoms with Crippen LogP contribution < -0.4 is 10.0 Å². The lowest BCUT2D eigenvalue weighted by Crippen LogP contribution is -2.48. The minimum atomic E-state index is -4.20. The molecule has 0 radical (unpaired) electrons. The maximum Gasteiger partial charge on any atom is 0.244 e. The summed E-state index contributed by atoms with van der Waals surface area (Å²) in [7, 11) is -4.20. The zero-order valence-corrected chi connectivity index (χ0v) is 20.0. The highest BCUT2D eigenvalue weighted by Gasteiger charge is 2.27. The molecule has 6 nitrogen and oxygen atoms in total. The van der Waals surface area contributed by atoms with E-state index in [9.17, 15) is 17.6 Å². The average Bonchev–Trinajstić information content (AvgIpc) is 2.80. The van der Waals surface area contributed by atoms with Crippen LogP contribution in [0, 0.1) is 11.7 Å². The van der Waals surface area contributed by atoms with E-state index in [4.69, 9.17) is 0 Å². The molecule has 1 aliphatic rings. The van der Waals surface area contributed by atoms with Gasteiger partial charge in [-0.3, -0.25) is 4.79 Å². The van der Waals surface area contributed by atoms with E-state index in [0.29, 0.717) is 6.54 Å². The largest absolute Gasteiger partial charge is 0.355 e. The Bertz CT molecular complexity index is 993. The van der Waals surface area contributed by atoms with Crippen molar-refractivity contribution in [2.24, 2.45) is 5.92 Å². The number of amides is 1. The minimum Gasteiger partial charge on any atom is -0.355 e. The lowest BCUT2D eigenvalue weighted by molar-refractivity contribution is -0.122. The number of halogens is 1. The second-order valence-electron chi connectivity index (χ2n) is 8.82. The van der Waals surface area contributed by atoms with Gasteiger partial charge in [0.2, 0.25) is 15.9 Å². The summed E-state index contributed by atoms with van der Waals surface area (Å²) in [6, 6.07) is 13.3. The third-order valence-corrected chi connectivity index (χ3v) is 7.60. The summed E-state index contributed by atoms with van der Waals surface area (Å²) in [5, 5.41) is 2.86. The van der Waals surface area contributed by atoms with E-state index in [-0.39, 0.29) is 6.42 Å². The molecular weight excluding hydrogens is 441 g/mol. The fourth-order valence-corrected chi connectivity index (χ4v) is 5.31. The number of sulfonamides is 1. The maximum atomic E-state index is 14.1. The Morgan fingerprint density at radius 1 is 1.06 bits per heavy atom. The SMILES string of the molecule is CC1CCN(CCCCNC(=O)[C@H](Cc2ccccc2)NS(=O)(=O)c2ccccc2F)CC1.